The Morgan fingerprint density at radius 3 is 2.12 bits per heavy atom. The molecule has 2 aromatic carbocycles. The number of hydrogen-bond acceptors (Lipinski definition) is 2. The van der Waals surface area contributed by atoms with Crippen LogP contribution in [0.2, 0.25) is 0 Å². The monoisotopic (exact) mass is 338 g/mol. The molecule has 134 valence electrons. The van der Waals surface area contributed by atoms with E-state index in [9.17, 15) is 4.79 Å². The molecule has 0 amide bonds. The largest absolute Gasteiger partial charge is 0.492 e. The van der Waals surface area contributed by atoms with E-state index in [4.69, 9.17) is 4.74 Å². The normalized spacial score (nSPS) is 11.5. The van der Waals surface area contributed by atoms with Gasteiger partial charge < -0.3 is 4.74 Å². The van der Waals surface area contributed by atoms with Gasteiger partial charge in [-0.15, -0.1) is 0 Å². The molecule has 0 saturated heterocycles. The van der Waals surface area contributed by atoms with E-state index in [0.717, 1.165) is 44.7 Å². The van der Waals surface area contributed by atoms with Gasteiger partial charge in [0.25, 0.3) is 0 Å². The number of ketones is 1. The van der Waals surface area contributed by atoms with Crippen LogP contribution in [-0.4, -0.2) is 12.4 Å². The molecular weight excluding hydrogens is 308 g/mol. The average molecular weight is 338 g/mol. The predicted molar refractivity (Wildman–Crippen MR) is 105 cm³/mol. The zero-order valence-electron chi connectivity index (χ0n) is 16.8. The quantitative estimate of drug-likeness (QED) is 0.650. The van der Waals surface area contributed by atoms with Crippen molar-refractivity contribution in [2.24, 2.45) is 5.41 Å². The Balaban J connectivity index is 2.47. The molecule has 2 aromatic rings. The lowest BCUT2D eigenvalue weighted by Crippen LogP contribution is -2.18. The number of ether oxygens (including phenoxy) is 1. The minimum Gasteiger partial charge on any atom is -0.492 e. The van der Waals surface area contributed by atoms with Crippen molar-refractivity contribution >= 4 is 5.78 Å². The second-order valence-corrected chi connectivity index (χ2v) is 8.25. The molecule has 0 aromatic heterocycles. The predicted octanol–water partition coefficient (Wildman–Crippen LogP) is 5.88. The van der Waals surface area contributed by atoms with Crippen LogP contribution in [0.5, 0.6) is 5.75 Å². The molecule has 0 fully saturated rings. The van der Waals surface area contributed by atoms with Crippen LogP contribution in [0.25, 0.3) is 0 Å². The van der Waals surface area contributed by atoms with Crippen LogP contribution in [0.4, 0.5) is 0 Å². The second kappa shape index (κ2) is 7.03. The molecule has 2 rings (SSSR count). The molecule has 2 nitrogen and oxygen atoms in total. The zero-order chi connectivity index (χ0) is 18.9. The number of hydrogen-bond donors (Lipinski definition) is 0. The van der Waals surface area contributed by atoms with Crippen LogP contribution in [-0.2, 0) is 0 Å². The second-order valence-electron chi connectivity index (χ2n) is 8.25. The Hall–Kier alpha value is -2.09. The SMILES string of the molecule is Cc1cccc(C(=O)c2cc(C)c(OCC(C)(C)C)c(C)c2C)c1C. The summed E-state index contributed by atoms with van der Waals surface area (Å²) in [4.78, 5) is 13.1. The van der Waals surface area contributed by atoms with E-state index in [1.807, 2.05) is 58.9 Å². The van der Waals surface area contributed by atoms with E-state index in [2.05, 4.69) is 20.8 Å². The highest BCUT2D eigenvalue weighted by atomic mass is 16.5. The van der Waals surface area contributed by atoms with Crippen molar-refractivity contribution in [2.75, 3.05) is 6.61 Å². The Morgan fingerprint density at radius 2 is 1.52 bits per heavy atom. The van der Waals surface area contributed by atoms with Crippen molar-refractivity contribution in [1.29, 1.82) is 0 Å². The molecule has 0 atom stereocenters. The van der Waals surface area contributed by atoms with Crippen LogP contribution in [0.15, 0.2) is 24.3 Å². The first-order chi connectivity index (χ1) is 11.5. The molecule has 0 aliphatic carbocycles. The maximum atomic E-state index is 13.1. The lowest BCUT2D eigenvalue weighted by atomic mass is 9.90. The Bertz CT molecular complexity index is 808. The molecular formula is C23H30O2. The number of carbonyl (C=O) groups is 1. The summed E-state index contributed by atoms with van der Waals surface area (Å²) in [6.45, 7) is 17.2. The summed E-state index contributed by atoms with van der Waals surface area (Å²) < 4.78 is 6.08. The minimum atomic E-state index is 0.0901. The maximum Gasteiger partial charge on any atom is 0.193 e. The molecule has 0 unspecified atom stereocenters. The van der Waals surface area contributed by atoms with E-state index < -0.39 is 0 Å². The van der Waals surface area contributed by atoms with Gasteiger partial charge in [-0.2, -0.15) is 0 Å². The third-order valence-electron chi connectivity index (χ3n) is 4.77. The van der Waals surface area contributed by atoms with Gasteiger partial charge in [0, 0.05) is 11.1 Å². The van der Waals surface area contributed by atoms with Crippen LogP contribution in [0, 0.1) is 40.0 Å². The van der Waals surface area contributed by atoms with Crippen molar-refractivity contribution in [1.82, 2.24) is 0 Å². The lowest BCUT2D eigenvalue weighted by Gasteiger charge is -2.23. The first kappa shape index (κ1) is 19.2. The summed E-state index contributed by atoms with van der Waals surface area (Å²) in [5, 5.41) is 0. The first-order valence-corrected chi connectivity index (χ1v) is 8.87. The molecule has 0 aliphatic heterocycles. The fourth-order valence-electron chi connectivity index (χ4n) is 2.95. The highest BCUT2D eigenvalue weighted by Crippen LogP contribution is 2.32. The van der Waals surface area contributed by atoms with Gasteiger partial charge in [-0.3, -0.25) is 4.79 Å². The Kier molecular flexibility index (Phi) is 5.41. The zero-order valence-corrected chi connectivity index (χ0v) is 16.8. The van der Waals surface area contributed by atoms with Crippen LogP contribution < -0.4 is 4.74 Å². The van der Waals surface area contributed by atoms with Crippen molar-refractivity contribution in [3.05, 3.63) is 63.2 Å². The first-order valence-electron chi connectivity index (χ1n) is 8.87. The highest BCUT2D eigenvalue weighted by molar-refractivity contribution is 6.11. The van der Waals surface area contributed by atoms with Gasteiger partial charge in [0.2, 0.25) is 0 Å². The van der Waals surface area contributed by atoms with Crippen molar-refractivity contribution in [3.8, 4) is 5.75 Å². The Morgan fingerprint density at radius 1 is 0.880 bits per heavy atom. The number of aryl methyl sites for hydroxylation is 2. The smallest absolute Gasteiger partial charge is 0.193 e. The Labute approximate surface area is 152 Å². The van der Waals surface area contributed by atoms with Gasteiger partial charge in [-0.25, -0.2) is 0 Å². The molecule has 0 saturated carbocycles. The van der Waals surface area contributed by atoms with Gasteiger partial charge in [0.05, 0.1) is 6.61 Å². The topological polar surface area (TPSA) is 26.3 Å². The summed E-state index contributed by atoms with van der Waals surface area (Å²) in [6.07, 6.45) is 0. The summed E-state index contributed by atoms with van der Waals surface area (Å²) in [5.74, 6) is 0.997. The standard InChI is InChI=1S/C23H30O2/c1-14-10-9-11-19(16(14)3)21(24)20-12-15(2)22(18(5)17(20)4)25-13-23(6,7)8/h9-12H,13H2,1-8H3. The molecule has 0 radical (unpaired) electrons. The molecule has 25 heavy (non-hydrogen) atoms. The van der Waals surface area contributed by atoms with Crippen molar-refractivity contribution < 1.29 is 9.53 Å². The van der Waals surface area contributed by atoms with Crippen LogP contribution >= 0.6 is 0 Å². The molecule has 0 bridgehead atoms. The van der Waals surface area contributed by atoms with Gasteiger partial charge in [0.1, 0.15) is 5.75 Å². The van der Waals surface area contributed by atoms with Gasteiger partial charge in [-0.05, 0) is 73.9 Å². The fraction of sp³-hybridized carbons (Fsp3) is 0.435. The van der Waals surface area contributed by atoms with Gasteiger partial charge in [0.15, 0.2) is 5.78 Å². The molecule has 0 heterocycles. The van der Waals surface area contributed by atoms with Crippen molar-refractivity contribution in [2.45, 2.75) is 55.4 Å². The van der Waals surface area contributed by atoms with Gasteiger partial charge >= 0.3 is 0 Å². The molecule has 0 spiro atoms. The third kappa shape index (κ3) is 4.12. The lowest BCUT2D eigenvalue weighted by molar-refractivity contribution is 0.103. The number of rotatable bonds is 4. The average Bonchev–Trinajstić information content (AvgIpc) is 2.51. The summed E-state index contributed by atoms with van der Waals surface area (Å²) in [5.41, 5.74) is 6.91. The van der Waals surface area contributed by atoms with E-state index in [1.165, 1.54) is 0 Å². The number of carbonyl (C=O) groups excluding carboxylic acids is 1. The van der Waals surface area contributed by atoms with Crippen molar-refractivity contribution in [3.63, 3.8) is 0 Å². The summed E-state index contributed by atoms with van der Waals surface area (Å²) in [6, 6.07) is 7.88. The van der Waals surface area contributed by atoms with Gasteiger partial charge in [-0.1, -0.05) is 39.0 Å². The fourth-order valence-corrected chi connectivity index (χ4v) is 2.95. The van der Waals surface area contributed by atoms with Crippen LogP contribution in [0.3, 0.4) is 0 Å². The van der Waals surface area contributed by atoms with E-state index in [0.29, 0.717) is 6.61 Å². The summed E-state index contributed by atoms with van der Waals surface area (Å²) >= 11 is 0. The van der Waals surface area contributed by atoms with Crippen LogP contribution in [0.1, 0.15) is 64.5 Å². The molecule has 2 heteroatoms. The third-order valence-corrected chi connectivity index (χ3v) is 4.77. The molecule has 0 aliphatic rings. The van der Waals surface area contributed by atoms with E-state index >= 15 is 0 Å². The number of benzene rings is 2. The minimum absolute atomic E-state index is 0.0901. The maximum absolute atomic E-state index is 13.1. The van der Waals surface area contributed by atoms with E-state index in [1.54, 1.807) is 0 Å². The highest BCUT2D eigenvalue weighted by Gasteiger charge is 2.20. The molecule has 0 N–H and O–H groups in total. The summed E-state index contributed by atoms with van der Waals surface area (Å²) in [7, 11) is 0. The van der Waals surface area contributed by atoms with E-state index in [-0.39, 0.29) is 11.2 Å².